The van der Waals surface area contributed by atoms with Crippen molar-refractivity contribution in [3.63, 3.8) is 0 Å². The molecule has 6 nitrogen and oxygen atoms in total. The summed E-state index contributed by atoms with van der Waals surface area (Å²) in [5.74, 6) is -1.10. The van der Waals surface area contributed by atoms with Crippen LogP contribution < -0.4 is 4.80 Å². The van der Waals surface area contributed by atoms with Gasteiger partial charge in [0, 0.05) is 20.1 Å². The van der Waals surface area contributed by atoms with Crippen molar-refractivity contribution in [1.29, 1.82) is 0 Å². The first-order valence-electron chi connectivity index (χ1n) is 7.54. The van der Waals surface area contributed by atoms with E-state index in [4.69, 9.17) is 0 Å². The van der Waals surface area contributed by atoms with Gasteiger partial charge in [-0.3, -0.25) is 4.79 Å². The molecule has 9 heteroatoms. The van der Waals surface area contributed by atoms with Crippen molar-refractivity contribution in [3.05, 3.63) is 28.8 Å². The van der Waals surface area contributed by atoms with Gasteiger partial charge in [0.25, 0.3) is 5.91 Å². The van der Waals surface area contributed by atoms with E-state index in [-0.39, 0.29) is 18.3 Å². The highest BCUT2D eigenvalue weighted by molar-refractivity contribution is 7.88. The summed E-state index contributed by atoms with van der Waals surface area (Å²) in [6.07, 6.45) is 2.41. The molecule has 0 spiro atoms. The van der Waals surface area contributed by atoms with Gasteiger partial charge in [-0.1, -0.05) is 11.3 Å². The van der Waals surface area contributed by atoms with Crippen LogP contribution in [0.25, 0.3) is 10.2 Å². The Morgan fingerprint density at radius 3 is 2.88 bits per heavy atom. The van der Waals surface area contributed by atoms with Crippen LogP contribution in [0.1, 0.15) is 12.8 Å². The summed E-state index contributed by atoms with van der Waals surface area (Å²) in [7, 11) is -1.53. The maximum absolute atomic E-state index is 13.3. The molecule has 1 aliphatic rings. The minimum Gasteiger partial charge on any atom is -0.319 e. The number of aromatic nitrogens is 1. The zero-order valence-corrected chi connectivity index (χ0v) is 15.0. The Hall–Kier alpha value is -1.58. The van der Waals surface area contributed by atoms with Crippen molar-refractivity contribution in [2.24, 2.45) is 18.0 Å². The molecule has 1 unspecified atom stereocenters. The van der Waals surface area contributed by atoms with Crippen LogP contribution in [-0.2, 0) is 21.9 Å². The summed E-state index contributed by atoms with van der Waals surface area (Å²) in [5, 5.41) is 0. The van der Waals surface area contributed by atoms with Gasteiger partial charge < -0.3 is 4.57 Å². The molecule has 1 aromatic carbocycles. The number of halogens is 1. The summed E-state index contributed by atoms with van der Waals surface area (Å²) < 4.78 is 40.4. The number of hydrogen-bond donors (Lipinski definition) is 0. The number of benzene rings is 1. The molecule has 2 heterocycles. The van der Waals surface area contributed by atoms with Crippen LogP contribution in [0, 0.1) is 11.7 Å². The average Bonchev–Trinajstić information content (AvgIpc) is 2.82. The summed E-state index contributed by atoms with van der Waals surface area (Å²) in [5.41, 5.74) is 0.800. The largest absolute Gasteiger partial charge is 0.319 e. The fraction of sp³-hybridized carbons (Fsp3) is 0.467. The van der Waals surface area contributed by atoms with E-state index < -0.39 is 15.9 Å². The van der Waals surface area contributed by atoms with E-state index in [1.54, 1.807) is 17.7 Å². The number of piperidine rings is 1. The molecule has 0 radical (unpaired) electrons. The van der Waals surface area contributed by atoms with Gasteiger partial charge in [0.1, 0.15) is 5.82 Å². The van der Waals surface area contributed by atoms with Crippen molar-refractivity contribution in [2.75, 3.05) is 19.3 Å². The van der Waals surface area contributed by atoms with Gasteiger partial charge in [-0.15, -0.1) is 0 Å². The molecule has 0 bridgehead atoms. The maximum atomic E-state index is 13.3. The molecular weight excluding hydrogens is 353 g/mol. The molecule has 1 amide bonds. The zero-order chi connectivity index (χ0) is 17.5. The van der Waals surface area contributed by atoms with E-state index in [1.807, 2.05) is 0 Å². The highest BCUT2D eigenvalue weighted by atomic mass is 32.2. The van der Waals surface area contributed by atoms with E-state index in [2.05, 4.69) is 4.99 Å². The smallest absolute Gasteiger partial charge is 0.252 e. The number of thiazole rings is 1. The van der Waals surface area contributed by atoms with Crippen molar-refractivity contribution >= 4 is 37.5 Å². The molecular formula is C15H18FN3O3S2. The lowest BCUT2D eigenvalue weighted by molar-refractivity contribution is -0.122. The van der Waals surface area contributed by atoms with E-state index in [0.717, 1.165) is 11.8 Å². The molecule has 24 heavy (non-hydrogen) atoms. The average molecular weight is 371 g/mol. The quantitative estimate of drug-likeness (QED) is 0.803. The van der Waals surface area contributed by atoms with Gasteiger partial charge in [-0.25, -0.2) is 17.1 Å². The van der Waals surface area contributed by atoms with Crippen LogP contribution in [0.5, 0.6) is 0 Å². The van der Waals surface area contributed by atoms with Gasteiger partial charge in [0.05, 0.1) is 22.4 Å². The first-order valence-corrected chi connectivity index (χ1v) is 10.2. The molecule has 1 aliphatic heterocycles. The number of rotatable bonds is 2. The van der Waals surface area contributed by atoms with Crippen LogP contribution in [0.3, 0.4) is 0 Å². The standard InChI is InChI=1S/C15H18FN3O3S2/c1-18-12-6-5-11(16)8-13(12)23-15(18)17-14(20)10-4-3-7-19(9-10)24(2,21)22/h5-6,8,10H,3-4,7,9H2,1-2H3. The zero-order valence-electron chi connectivity index (χ0n) is 13.4. The van der Waals surface area contributed by atoms with Crippen LogP contribution in [0.4, 0.5) is 4.39 Å². The number of carbonyl (C=O) groups excluding carboxylic acids is 1. The first kappa shape index (κ1) is 17.2. The number of fused-ring (bicyclic) bond motifs is 1. The van der Waals surface area contributed by atoms with E-state index in [9.17, 15) is 17.6 Å². The fourth-order valence-corrected chi connectivity index (χ4v) is 4.81. The first-order chi connectivity index (χ1) is 11.3. The van der Waals surface area contributed by atoms with Crippen LogP contribution in [0.2, 0.25) is 0 Å². The Bertz CT molecular complexity index is 962. The fourth-order valence-electron chi connectivity index (χ4n) is 2.85. The van der Waals surface area contributed by atoms with Crippen molar-refractivity contribution in [1.82, 2.24) is 8.87 Å². The predicted octanol–water partition coefficient (Wildman–Crippen LogP) is 1.48. The van der Waals surface area contributed by atoms with Crippen molar-refractivity contribution < 1.29 is 17.6 Å². The Balaban J connectivity index is 1.91. The van der Waals surface area contributed by atoms with Gasteiger partial charge in [0.2, 0.25) is 10.0 Å². The third kappa shape index (κ3) is 3.42. The SMILES string of the molecule is Cn1c(=NC(=O)C2CCCN(S(C)(=O)=O)C2)sc2cc(F)ccc21. The van der Waals surface area contributed by atoms with Gasteiger partial charge >= 0.3 is 0 Å². The van der Waals surface area contributed by atoms with Crippen molar-refractivity contribution in [2.45, 2.75) is 12.8 Å². The van der Waals surface area contributed by atoms with E-state index in [1.165, 1.54) is 27.8 Å². The summed E-state index contributed by atoms with van der Waals surface area (Å²) in [6, 6.07) is 4.43. The lowest BCUT2D eigenvalue weighted by Crippen LogP contribution is -2.41. The normalized spacial score (nSPS) is 20.6. The molecule has 130 valence electrons. The number of hydrogen-bond acceptors (Lipinski definition) is 4. The summed E-state index contributed by atoms with van der Waals surface area (Å²) in [4.78, 5) is 17.1. The van der Waals surface area contributed by atoms with Crippen molar-refractivity contribution in [3.8, 4) is 0 Å². The maximum Gasteiger partial charge on any atom is 0.252 e. The Kier molecular flexibility index (Phi) is 4.58. The monoisotopic (exact) mass is 371 g/mol. The minimum atomic E-state index is -3.30. The number of amides is 1. The Morgan fingerprint density at radius 2 is 2.17 bits per heavy atom. The highest BCUT2D eigenvalue weighted by Crippen LogP contribution is 2.21. The summed E-state index contributed by atoms with van der Waals surface area (Å²) in [6.45, 7) is 0.614. The molecule has 2 aromatic rings. The minimum absolute atomic E-state index is 0.171. The second-order valence-electron chi connectivity index (χ2n) is 5.97. The molecule has 1 saturated heterocycles. The molecule has 1 aromatic heterocycles. The molecule has 1 fully saturated rings. The molecule has 1 atom stereocenters. The van der Waals surface area contributed by atoms with E-state index in [0.29, 0.717) is 28.9 Å². The Labute approximate surface area is 143 Å². The highest BCUT2D eigenvalue weighted by Gasteiger charge is 2.30. The molecule has 0 aliphatic carbocycles. The number of sulfonamides is 1. The van der Waals surface area contributed by atoms with Crippen LogP contribution in [-0.4, -0.2) is 42.5 Å². The van der Waals surface area contributed by atoms with E-state index >= 15 is 0 Å². The predicted molar refractivity (Wildman–Crippen MR) is 90.5 cm³/mol. The van der Waals surface area contributed by atoms with Gasteiger partial charge in [0.15, 0.2) is 4.80 Å². The second kappa shape index (κ2) is 6.38. The number of aryl methyl sites for hydroxylation is 1. The summed E-state index contributed by atoms with van der Waals surface area (Å²) >= 11 is 1.24. The third-order valence-corrected chi connectivity index (χ3v) is 6.54. The Morgan fingerprint density at radius 1 is 1.42 bits per heavy atom. The van der Waals surface area contributed by atoms with Crippen LogP contribution in [0.15, 0.2) is 23.2 Å². The topological polar surface area (TPSA) is 71.7 Å². The lowest BCUT2D eigenvalue weighted by atomic mass is 9.99. The molecule has 0 N–H and O–H groups in total. The molecule has 3 rings (SSSR count). The number of carbonyl (C=O) groups is 1. The number of nitrogens with zero attached hydrogens (tertiary/aromatic N) is 3. The van der Waals surface area contributed by atoms with Crippen LogP contribution >= 0.6 is 11.3 Å². The lowest BCUT2D eigenvalue weighted by Gasteiger charge is -2.28. The van der Waals surface area contributed by atoms with Gasteiger partial charge in [-0.2, -0.15) is 4.99 Å². The molecule has 0 saturated carbocycles. The second-order valence-corrected chi connectivity index (χ2v) is 8.96. The third-order valence-electron chi connectivity index (χ3n) is 4.18. The van der Waals surface area contributed by atoms with Gasteiger partial charge in [-0.05, 0) is 31.0 Å².